The van der Waals surface area contributed by atoms with Gasteiger partial charge in [-0.2, -0.15) is 0 Å². The minimum Gasteiger partial charge on any atom is -0.462 e. The first-order chi connectivity index (χ1) is 15.8. The van der Waals surface area contributed by atoms with Crippen LogP contribution in [0.2, 0.25) is 0 Å². The number of carbonyl (C=O) groups excluding carboxylic acids is 1. The molecule has 172 valence electrons. The lowest BCUT2D eigenvalue weighted by atomic mass is 10.0. The van der Waals surface area contributed by atoms with Gasteiger partial charge in [0.2, 0.25) is 0 Å². The van der Waals surface area contributed by atoms with Crippen LogP contribution in [0.3, 0.4) is 0 Å². The average molecular weight is 469 g/mol. The van der Waals surface area contributed by atoms with Gasteiger partial charge in [-0.15, -0.1) is 0 Å². The zero-order valence-electron chi connectivity index (χ0n) is 18.7. The molecule has 0 aliphatic rings. The first-order valence-electron chi connectivity index (χ1n) is 10.5. The van der Waals surface area contributed by atoms with E-state index in [1.165, 1.54) is 6.07 Å². The summed E-state index contributed by atoms with van der Waals surface area (Å²) in [5.74, 6) is -0.648. The molecule has 0 aliphatic heterocycles. The number of nitrogens with one attached hydrogen (secondary N) is 1. The number of benzene rings is 3. The molecule has 1 aromatic heterocycles. The predicted octanol–water partition coefficient (Wildman–Crippen LogP) is 3.98. The number of carbonyl (C=O) groups is 1. The Morgan fingerprint density at radius 3 is 2.52 bits per heavy atom. The molecule has 9 nitrogen and oxygen atoms in total. The normalized spacial score (nSPS) is 11.6. The van der Waals surface area contributed by atoms with Gasteiger partial charge in [0.15, 0.2) is 5.52 Å². The molecule has 0 saturated heterocycles. The summed E-state index contributed by atoms with van der Waals surface area (Å²) in [4.78, 5) is 14.8. The molecule has 4 aromatic rings. The number of anilines is 2. The smallest absolute Gasteiger partial charge is 0.340 e. The van der Waals surface area contributed by atoms with E-state index in [0.717, 1.165) is 11.1 Å². The first-order valence-corrected chi connectivity index (χ1v) is 11.9. The lowest BCUT2D eigenvalue weighted by molar-refractivity contribution is 0.0526. The van der Waals surface area contributed by atoms with Crippen molar-refractivity contribution in [3.8, 4) is 0 Å². The Kier molecular flexibility index (Phi) is 5.94. The highest BCUT2D eigenvalue weighted by Crippen LogP contribution is 2.35. The molecular formula is C23H24N4O5S. The van der Waals surface area contributed by atoms with E-state index in [1.54, 1.807) is 31.2 Å². The van der Waals surface area contributed by atoms with Crippen LogP contribution in [0.25, 0.3) is 21.8 Å². The molecule has 4 rings (SSSR count). The highest BCUT2D eigenvalue weighted by atomic mass is 32.2. The summed E-state index contributed by atoms with van der Waals surface area (Å²) < 4.78 is 39.9. The third-order valence-corrected chi connectivity index (χ3v) is 6.77. The van der Waals surface area contributed by atoms with Crippen LogP contribution in [-0.2, 0) is 21.2 Å². The van der Waals surface area contributed by atoms with Crippen LogP contribution in [-0.4, -0.2) is 45.4 Å². The maximum Gasteiger partial charge on any atom is 0.340 e. The standard InChI is InChI=1S/C23H24N4O5S/c1-5-14-13-17-21(25-32-24-17)22(20(14)23(28)31-6-2)26-33(29,30)19-12-8-9-15-16(19)10-7-11-18(15)27(3)4/h7-13,26H,5-6H2,1-4H3. The molecule has 0 atom stereocenters. The zero-order chi connectivity index (χ0) is 23.8. The number of nitrogens with zero attached hydrogens (tertiary/aromatic N) is 3. The number of fused-ring (bicyclic) bond motifs is 2. The van der Waals surface area contributed by atoms with E-state index < -0.39 is 16.0 Å². The Hall–Kier alpha value is -3.66. The summed E-state index contributed by atoms with van der Waals surface area (Å²) in [7, 11) is -0.347. The number of hydrogen-bond acceptors (Lipinski definition) is 8. The number of aryl methyl sites for hydroxylation is 1. The Bertz CT molecular complexity index is 1460. The molecule has 10 heteroatoms. The van der Waals surface area contributed by atoms with Gasteiger partial charge in [0, 0.05) is 30.6 Å². The molecule has 33 heavy (non-hydrogen) atoms. The Morgan fingerprint density at radius 2 is 1.82 bits per heavy atom. The molecule has 0 aliphatic carbocycles. The molecule has 0 spiro atoms. The minimum atomic E-state index is -4.13. The van der Waals surface area contributed by atoms with E-state index in [-0.39, 0.29) is 28.3 Å². The van der Waals surface area contributed by atoms with Gasteiger partial charge in [0.1, 0.15) is 5.52 Å². The van der Waals surface area contributed by atoms with Gasteiger partial charge < -0.3 is 9.64 Å². The molecule has 0 radical (unpaired) electrons. The van der Waals surface area contributed by atoms with Gasteiger partial charge in [0.25, 0.3) is 10.0 Å². The summed E-state index contributed by atoms with van der Waals surface area (Å²) in [5.41, 5.74) is 2.01. The summed E-state index contributed by atoms with van der Waals surface area (Å²) in [6.07, 6.45) is 0.451. The van der Waals surface area contributed by atoms with Crippen molar-refractivity contribution in [2.75, 3.05) is 30.3 Å². The largest absolute Gasteiger partial charge is 0.462 e. The van der Waals surface area contributed by atoms with Crippen LogP contribution < -0.4 is 9.62 Å². The summed E-state index contributed by atoms with van der Waals surface area (Å²) in [6, 6.07) is 12.2. The van der Waals surface area contributed by atoms with Gasteiger partial charge in [-0.3, -0.25) is 4.72 Å². The zero-order valence-corrected chi connectivity index (χ0v) is 19.6. The first kappa shape index (κ1) is 22.5. The average Bonchev–Trinajstić information content (AvgIpc) is 3.26. The fraction of sp³-hybridized carbons (Fsp3) is 0.261. The van der Waals surface area contributed by atoms with Crippen molar-refractivity contribution in [2.45, 2.75) is 25.2 Å². The van der Waals surface area contributed by atoms with Crippen LogP contribution in [0.1, 0.15) is 29.8 Å². The van der Waals surface area contributed by atoms with Crippen LogP contribution >= 0.6 is 0 Å². The third kappa shape index (κ3) is 3.97. The highest BCUT2D eigenvalue weighted by molar-refractivity contribution is 7.93. The van der Waals surface area contributed by atoms with Gasteiger partial charge >= 0.3 is 5.97 Å². The Labute approximate surface area is 191 Å². The summed E-state index contributed by atoms with van der Waals surface area (Å²) in [6.45, 7) is 3.67. The quantitative estimate of drug-likeness (QED) is 0.405. The lowest BCUT2D eigenvalue weighted by Crippen LogP contribution is -2.19. The van der Waals surface area contributed by atoms with E-state index >= 15 is 0 Å². The Balaban J connectivity index is 1.94. The Morgan fingerprint density at radius 1 is 1.09 bits per heavy atom. The van der Waals surface area contributed by atoms with E-state index in [9.17, 15) is 13.2 Å². The van der Waals surface area contributed by atoms with Gasteiger partial charge in [-0.05, 0) is 47.4 Å². The maximum absolute atomic E-state index is 13.6. The minimum absolute atomic E-state index is 0.00943. The molecular weight excluding hydrogens is 444 g/mol. The van der Waals surface area contributed by atoms with Crippen LogP contribution in [0.5, 0.6) is 0 Å². The van der Waals surface area contributed by atoms with Crippen molar-refractivity contribution in [1.82, 2.24) is 10.3 Å². The summed E-state index contributed by atoms with van der Waals surface area (Å²) >= 11 is 0. The van der Waals surface area contributed by atoms with Crippen molar-refractivity contribution < 1.29 is 22.6 Å². The molecule has 0 fully saturated rings. The second kappa shape index (κ2) is 8.70. The van der Waals surface area contributed by atoms with Gasteiger partial charge in [-0.25, -0.2) is 17.8 Å². The molecule has 0 saturated carbocycles. The number of rotatable bonds is 7. The van der Waals surface area contributed by atoms with E-state index in [2.05, 4.69) is 15.0 Å². The van der Waals surface area contributed by atoms with Crippen molar-refractivity contribution in [1.29, 1.82) is 0 Å². The fourth-order valence-corrected chi connectivity index (χ4v) is 5.18. The second-order valence-electron chi connectivity index (χ2n) is 7.62. The maximum atomic E-state index is 13.6. The van der Waals surface area contributed by atoms with Crippen molar-refractivity contribution in [3.05, 3.63) is 53.6 Å². The number of aromatic nitrogens is 2. The molecule has 0 amide bonds. The van der Waals surface area contributed by atoms with E-state index in [0.29, 0.717) is 22.9 Å². The number of ether oxygens (including phenoxy) is 1. The van der Waals surface area contributed by atoms with Crippen molar-refractivity contribution >= 4 is 49.2 Å². The number of esters is 1. The van der Waals surface area contributed by atoms with Crippen LogP contribution in [0, 0.1) is 0 Å². The van der Waals surface area contributed by atoms with Gasteiger partial charge in [-0.1, -0.05) is 31.2 Å². The second-order valence-corrected chi connectivity index (χ2v) is 9.27. The number of sulfonamides is 1. The SMILES string of the molecule is CCOC(=O)c1c(CC)cc2nonc2c1NS(=O)(=O)c1cccc2c(N(C)C)cccc12. The van der Waals surface area contributed by atoms with Crippen LogP contribution in [0.15, 0.2) is 52.0 Å². The molecule has 3 aromatic carbocycles. The molecule has 1 N–H and O–H groups in total. The molecule has 1 heterocycles. The topological polar surface area (TPSA) is 115 Å². The van der Waals surface area contributed by atoms with Gasteiger partial charge in [0.05, 0.1) is 22.8 Å². The highest BCUT2D eigenvalue weighted by Gasteiger charge is 2.28. The molecule has 0 unspecified atom stereocenters. The third-order valence-electron chi connectivity index (χ3n) is 5.36. The monoisotopic (exact) mass is 468 g/mol. The van der Waals surface area contributed by atoms with Crippen molar-refractivity contribution in [3.63, 3.8) is 0 Å². The van der Waals surface area contributed by atoms with Crippen LogP contribution in [0.4, 0.5) is 11.4 Å². The van der Waals surface area contributed by atoms with E-state index in [4.69, 9.17) is 9.37 Å². The summed E-state index contributed by atoms with van der Waals surface area (Å²) in [5, 5.41) is 9.02. The van der Waals surface area contributed by atoms with E-state index in [1.807, 2.05) is 38.1 Å². The number of hydrogen-bond donors (Lipinski definition) is 1. The molecule has 0 bridgehead atoms. The predicted molar refractivity (Wildman–Crippen MR) is 126 cm³/mol. The van der Waals surface area contributed by atoms with Crippen molar-refractivity contribution in [2.24, 2.45) is 0 Å². The fourth-order valence-electron chi connectivity index (χ4n) is 3.87. The lowest BCUT2D eigenvalue weighted by Gasteiger charge is -2.18.